The molecule has 3 saturated carbocycles. The zero-order valence-corrected chi connectivity index (χ0v) is 16.2. The maximum absolute atomic E-state index is 11.9. The van der Waals surface area contributed by atoms with Gasteiger partial charge in [0.15, 0.2) is 0 Å². The molecule has 0 bridgehead atoms. The van der Waals surface area contributed by atoms with Gasteiger partial charge in [-0.3, -0.25) is 0 Å². The molecule has 1 spiro atoms. The fourth-order valence-corrected chi connectivity index (χ4v) is 7.48. The first kappa shape index (κ1) is 18.7. The van der Waals surface area contributed by atoms with Crippen molar-refractivity contribution in [3.8, 4) is 0 Å². The lowest BCUT2D eigenvalue weighted by Crippen LogP contribution is -2.54. The van der Waals surface area contributed by atoms with Crippen LogP contribution in [0.1, 0.15) is 51.9 Å². The van der Waals surface area contributed by atoms with Gasteiger partial charge in [-0.2, -0.15) is 0 Å². The third kappa shape index (κ3) is 2.38. The smallest absolute Gasteiger partial charge is 0.331 e. The zero-order valence-electron chi connectivity index (χ0n) is 16.2. The topological polar surface area (TPSA) is 81.7 Å². The van der Waals surface area contributed by atoms with E-state index >= 15 is 0 Å². The number of hydrogen-bond acceptors (Lipinski definition) is 3. The second kappa shape index (κ2) is 6.16. The molecule has 3 fully saturated rings. The highest BCUT2D eigenvalue weighted by molar-refractivity contribution is 5.93. The number of rotatable bonds is 1. The van der Waals surface area contributed by atoms with Gasteiger partial charge in [0, 0.05) is 17.2 Å². The average molecular weight is 370 g/mol. The van der Waals surface area contributed by atoms with Crippen LogP contribution in [-0.4, -0.2) is 22.8 Å². The number of carbonyl (C=O) groups excluding carboxylic acids is 1. The van der Waals surface area contributed by atoms with Gasteiger partial charge in [0.05, 0.1) is 0 Å². The molecule has 1 aliphatic heterocycles. The van der Waals surface area contributed by atoms with Crippen molar-refractivity contribution < 1.29 is 15.0 Å². The predicted octanol–water partition coefficient (Wildman–Crippen LogP) is 4.02. The van der Waals surface area contributed by atoms with Crippen molar-refractivity contribution in [2.24, 2.45) is 35.0 Å². The van der Waals surface area contributed by atoms with E-state index in [0.29, 0.717) is 29.6 Å². The fourth-order valence-electron chi connectivity index (χ4n) is 7.48. The number of nitrogens with one attached hydrogen (secondary N) is 1. The van der Waals surface area contributed by atoms with Gasteiger partial charge in [0.25, 0.3) is 0 Å². The van der Waals surface area contributed by atoms with Crippen molar-refractivity contribution >= 4 is 11.7 Å². The largest absolute Gasteiger partial charge is 0.451 e. The van der Waals surface area contributed by atoms with Gasteiger partial charge in [0.2, 0.25) is 0 Å². The maximum Gasteiger partial charge on any atom is 0.331 e. The molecule has 5 rings (SSSR count). The SMILES string of the molecule is C=CC1CC2=CC(=N)CC[C@@H]2C2CC[C@@]3(C)C(CC[C@@]34C=CC(=O)O4)C12.O. The van der Waals surface area contributed by atoms with Gasteiger partial charge in [-0.1, -0.05) is 18.6 Å². The molecule has 5 aliphatic rings. The Labute approximate surface area is 161 Å². The van der Waals surface area contributed by atoms with E-state index in [1.807, 2.05) is 0 Å². The molecular weight excluding hydrogens is 338 g/mol. The minimum Gasteiger partial charge on any atom is -0.451 e. The molecule has 3 N–H and O–H groups in total. The molecule has 7 atom stereocenters. The van der Waals surface area contributed by atoms with Crippen LogP contribution in [0.25, 0.3) is 0 Å². The first-order valence-corrected chi connectivity index (χ1v) is 10.3. The summed E-state index contributed by atoms with van der Waals surface area (Å²) in [5.41, 5.74) is 2.01. The molecule has 4 heteroatoms. The molecule has 4 aliphatic carbocycles. The second-order valence-corrected chi connectivity index (χ2v) is 9.48. The summed E-state index contributed by atoms with van der Waals surface area (Å²) in [6.07, 6.45) is 15.7. The molecule has 0 saturated heterocycles. The van der Waals surface area contributed by atoms with Crippen LogP contribution in [0.5, 0.6) is 0 Å². The van der Waals surface area contributed by atoms with Gasteiger partial charge in [-0.05, 0) is 86.7 Å². The lowest BCUT2D eigenvalue weighted by molar-refractivity contribution is -0.162. The van der Waals surface area contributed by atoms with Crippen LogP contribution in [0.15, 0.2) is 36.5 Å². The Hall–Kier alpha value is -1.68. The molecule has 27 heavy (non-hydrogen) atoms. The van der Waals surface area contributed by atoms with E-state index in [-0.39, 0.29) is 22.5 Å². The van der Waals surface area contributed by atoms with Gasteiger partial charge in [-0.25, -0.2) is 4.79 Å². The molecule has 146 valence electrons. The van der Waals surface area contributed by atoms with Crippen molar-refractivity contribution in [2.75, 3.05) is 0 Å². The summed E-state index contributed by atoms with van der Waals surface area (Å²) in [4.78, 5) is 11.9. The number of carbonyl (C=O) groups is 1. The number of esters is 1. The van der Waals surface area contributed by atoms with Crippen molar-refractivity contribution in [1.82, 2.24) is 0 Å². The number of allylic oxidation sites excluding steroid dienone is 3. The van der Waals surface area contributed by atoms with Crippen LogP contribution in [0.2, 0.25) is 0 Å². The summed E-state index contributed by atoms with van der Waals surface area (Å²) >= 11 is 0. The molecule has 4 unspecified atom stereocenters. The Kier molecular flexibility index (Phi) is 4.26. The van der Waals surface area contributed by atoms with E-state index in [4.69, 9.17) is 10.1 Å². The highest BCUT2D eigenvalue weighted by Gasteiger charge is 2.65. The van der Waals surface area contributed by atoms with Crippen molar-refractivity contribution in [2.45, 2.75) is 57.5 Å². The van der Waals surface area contributed by atoms with Gasteiger partial charge < -0.3 is 15.6 Å². The molecule has 4 nitrogen and oxygen atoms in total. The number of ether oxygens (including phenoxy) is 1. The Morgan fingerprint density at radius 3 is 2.81 bits per heavy atom. The first-order valence-electron chi connectivity index (χ1n) is 10.3. The third-order valence-corrected chi connectivity index (χ3v) is 8.69. The van der Waals surface area contributed by atoms with E-state index in [1.165, 1.54) is 12.0 Å². The Balaban J connectivity index is 0.00000180. The Morgan fingerprint density at radius 2 is 2.11 bits per heavy atom. The van der Waals surface area contributed by atoms with Gasteiger partial charge in [-0.15, -0.1) is 6.58 Å². The summed E-state index contributed by atoms with van der Waals surface area (Å²) in [5, 5.41) is 8.09. The monoisotopic (exact) mass is 369 g/mol. The molecule has 0 amide bonds. The number of fused-ring (bicyclic) bond motifs is 6. The summed E-state index contributed by atoms with van der Waals surface area (Å²) in [6.45, 7) is 6.57. The molecule has 0 aromatic rings. The van der Waals surface area contributed by atoms with E-state index in [2.05, 4.69) is 31.7 Å². The van der Waals surface area contributed by atoms with Crippen LogP contribution in [0.3, 0.4) is 0 Å². The Morgan fingerprint density at radius 1 is 1.30 bits per heavy atom. The van der Waals surface area contributed by atoms with E-state index in [9.17, 15) is 4.79 Å². The minimum atomic E-state index is -0.365. The maximum atomic E-state index is 11.9. The Bertz CT molecular complexity index is 753. The highest BCUT2D eigenvalue weighted by atomic mass is 16.6. The highest BCUT2D eigenvalue weighted by Crippen LogP contribution is 2.67. The predicted molar refractivity (Wildman–Crippen MR) is 105 cm³/mol. The standard InChI is InChI=1S/C23H29NO2.H2O/c1-3-14-12-15-13-16(24)4-5-17(15)18-6-9-22(2)19(21(14)18)7-10-23(22)11-8-20(25)26-23;/h3,8,11,13-14,17-19,21,24H,1,4-7,9-10,12H2,2H3;1H2/t14?,17-,18?,19?,21?,22-,23+;/m0./s1. The normalized spacial score (nSPS) is 47.4. The van der Waals surface area contributed by atoms with E-state index in [1.54, 1.807) is 6.08 Å². The second-order valence-electron chi connectivity index (χ2n) is 9.48. The molecule has 0 radical (unpaired) electrons. The van der Waals surface area contributed by atoms with E-state index < -0.39 is 0 Å². The lowest BCUT2D eigenvalue weighted by Gasteiger charge is -2.57. The fraction of sp³-hybridized carbons (Fsp3) is 0.652. The van der Waals surface area contributed by atoms with Gasteiger partial charge >= 0.3 is 5.97 Å². The summed E-state index contributed by atoms with van der Waals surface area (Å²) in [7, 11) is 0. The van der Waals surface area contributed by atoms with Crippen molar-refractivity contribution in [1.29, 1.82) is 5.41 Å². The molecule has 0 aromatic heterocycles. The van der Waals surface area contributed by atoms with E-state index in [0.717, 1.165) is 44.2 Å². The van der Waals surface area contributed by atoms with Gasteiger partial charge in [0.1, 0.15) is 5.60 Å². The van der Waals surface area contributed by atoms with Crippen LogP contribution < -0.4 is 0 Å². The molecule has 1 heterocycles. The number of hydrogen-bond donors (Lipinski definition) is 1. The van der Waals surface area contributed by atoms with Crippen molar-refractivity contribution in [3.63, 3.8) is 0 Å². The minimum absolute atomic E-state index is 0. The van der Waals surface area contributed by atoms with Crippen LogP contribution >= 0.6 is 0 Å². The first-order chi connectivity index (χ1) is 12.5. The molecular formula is C23H31NO3. The zero-order chi connectivity index (χ0) is 18.1. The van der Waals surface area contributed by atoms with Crippen LogP contribution in [0, 0.1) is 40.4 Å². The van der Waals surface area contributed by atoms with Crippen molar-refractivity contribution in [3.05, 3.63) is 36.5 Å². The van der Waals surface area contributed by atoms with Crippen LogP contribution in [-0.2, 0) is 9.53 Å². The summed E-state index contributed by atoms with van der Waals surface area (Å²) in [6, 6.07) is 0. The summed E-state index contributed by atoms with van der Waals surface area (Å²) < 4.78 is 5.94. The third-order valence-electron chi connectivity index (χ3n) is 8.69. The van der Waals surface area contributed by atoms with Crippen LogP contribution in [0.4, 0.5) is 0 Å². The quantitative estimate of drug-likeness (QED) is 0.559. The summed E-state index contributed by atoms with van der Waals surface area (Å²) in [5.74, 6) is 2.95. The lowest BCUT2D eigenvalue weighted by atomic mass is 9.48. The molecule has 0 aromatic carbocycles. The average Bonchev–Trinajstić information content (AvgIpc) is 3.14.